The Kier molecular flexibility index (Phi) is 6.48. The van der Waals surface area contributed by atoms with Gasteiger partial charge in [-0.05, 0) is 70.7 Å². The minimum atomic E-state index is -0.538. The second-order valence-electron chi connectivity index (χ2n) is 9.98. The average Bonchev–Trinajstić information content (AvgIpc) is 2.64. The summed E-state index contributed by atoms with van der Waals surface area (Å²) in [6.07, 6.45) is 3.89. The number of ether oxygens (including phenoxy) is 3. The van der Waals surface area contributed by atoms with E-state index in [1.807, 2.05) is 52.8 Å². The largest absolute Gasteiger partial charge is 0.491 e. The quantitative estimate of drug-likeness (QED) is 0.642. The Hall–Kier alpha value is -2.76. The first kappa shape index (κ1) is 22.9. The van der Waals surface area contributed by atoms with Crippen molar-refractivity contribution in [2.75, 3.05) is 6.61 Å². The van der Waals surface area contributed by atoms with Crippen LogP contribution in [-0.2, 0) is 10.3 Å². The summed E-state index contributed by atoms with van der Waals surface area (Å²) in [6, 6.07) is 7.87. The highest BCUT2D eigenvalue weighted by Gasteiger charge is 2.33. The molecule has 1 aliphatic rings. The predicted octanol–water partition coefficient (Wildman–Crippen LogP) is 5.69. The van der Waals surface area contributed by atoms with Gasteiger partial charge in [-0.2, -0.15) is 0 Å². The van der Waals surface area contributed by atoms with Gasteiger partial charge in [-0.15, -0.1) is 0 Å². The van der Waals surface area contributed by atoms with Crippen molar-refractivity contribution in [1.29, 1.82) is 0 Å². The summed E-state index contributed by atoms with van der Waals surface area (Å²) < 4.78 is 17.7. The first-order valence-electron chi connectivity index (χ1n) is 10.8. The molecule has 1 N–H and O–H groups in total. The molecule has 31 heavy (non-hydrogen) atoms. The van der Waals surface area contributed by atoms with E-state index in [0.29, 0.717) is 12.5 Å². The molecule has 2 aromatic rings. The van der Waals surface area contributed by atoms with Crippen LogP contribution < -0.4 is 14.8 Å². The highest BCUT2D eigenvalue weighted by Crippen LogP contribution is 2.45. The molecule has 1 unspecified atom stereocenters. The van der Waals surface area contributed by atoms with Gasteiger partial charge in [0.25, 0.3) is 0 Å². The number of pyridine rings is 1. The molecular formula is C25H34N2O4. The zero-order chi connectivity index (χ0) is 22.8. The second kappa shape index (κ2) is 8.77. The van der Waals surface area contributed by atoms with E-state index in [0.717, 1.165) is 34.6 Å². The Balaban J connectivity index is 1.75. The SMILES string of the molecule is CC(C)CC(COc1ccc2c(c1)C(C)(C)Oc1cnccc1-2)NC(=O)OC(C)(C)C. The van der Waals surface area contributed by atoms with Crippen molar-refractivity contribution in [3.05, 3.63) is 42.2 Å². The van der Waals surface area contributed by atoms with Crippen molar-refractivity contribution in [3.8, 4) is 22.6 Å². The standard InChI is InChI=1S/C25H34N2O4/c1-16(2)12-17(27-23(28)31-24(3,4)5)15-29-18-8-9-19-20-10-11-26-14-22(20)30-25(6,7)21(19)13-18/h8-11,13-14,16-17H,12,15H2,1-7H3,(H,27,28). The summed E-state index contributed by atoms with van der Waals surface area (Å²) in [4.78, 5) is 16.4. The third-order valence-corrected chi connectivity index (χ3v) is 5.01. The van der Waals surface area contributed by atoms with E-state index in [9.17, 15) is 4.79 Å². The van der Waals surface area contributed by atoms with Crippen LogP contribution in [0.5, 0.6) is 11.5 Å². The number of fused-ring (bicyclic) bond motifs is 3. The van der Waals surface area contributed by atoms with Gasteiger partial charge < -0.3 is 19.5 Å². The summed E-state index contributed by atoms with van der Waals surface area (Å²) >= 11 is 0. The molecule has 0 aliphatic carbocycles. The van der Waals surface area contributed by atoms with Crippen LogP contribution in [0, 0.1) is 5.92 Å². The molecule has 1 atom stereocenters. The minimum absolute atomic E-state index is 0.151. The van der Waals surface area contributed by atoms with E-state index in [-0.39, 0.29) is 6.04 Å². The van der Waals surface area contributed by atoms with Crippen molar-refractivity contribution < 1.29 is 19.0 Å². The second-order valence-corrected chi connectivity index (χ2v) is 9.98. The minimum Gasteiger partial charge on any atom is -0.491 e. The van der Waals surface area contributed by atoms with Gasteiger partial charge in [-0.1, -0.05) is 19.9 Å². The molecule has 168 valence electrons. The summed E-state index contributed by atoms with van der Waals surface area (Å²) in [5.41, 5.74) is 2.16. The molecule has 0 bridgehead atoms. The lowest BCUT2D eigenvalue weighted by Gasteiger charge is -2.35. The molecule has 0 spiro atoms. The number of nitrogens with zero attached hydrogens (tertiary/aromatic N) is 1. The molecule has 0 fully saturated rings. The van der Waals surface area contributed by atoms with Gasteiger partial charge >= 0.3 is 6.09 Å². The van der Waals surface area contributed by atoms with Crippen molar-refractivity contribution in [2.24, 2.45) is 5.92 Å². The van der Waals surface area contributed by atoms with Crippen molar-refractivity contribution in [3.63, 3.8) is 0 Å². The topological polar surface area (TPSA) is 69.7 Å². The van der Waals surface area contributed by atoms with Crippen LogP contribution in [0.15, 0.2) is 36.7 Å². The number of aromatic nitrogens is 1. The fourth-order valence-corrected chi connectivity index (χ4v) is 3.77. The van der Waals surface area contributed by atoms with Crippen molar-refractivity contribution in [1.82, 2.24) is 10.3 Å². The summed E-state index contributed by atoms with van der Waals surface area (Å²) in [6.45, 7) is 14.2. The number of benzene rings is 1. The Bertz CT molecular complexity index is 931. The Morgan fingerprint density at radius 2 is 1.94 bits per heavy atom. The smallest absolute Gasteiger partial charge is 0.407 e. The van der Waals surface area contributed by atoms with Crippen LogP contribution in [0.2, 0.25) is 0 Å². The van der Waals surface area contributed by atoms with Crippen molar-refractivity contribution >= 4 is 6.09 Å². The fourth-order valence-electron chi connectivity index (χ4n) is 3.77. The molecule has 6 nitrogen and oxygen atoms in total. The molecule has 1 aliphatic heterocycles. The lowest BCUT2D eigenvalue weighted by Crippen LogP contribution is -2.42. The lowest BCUT2D eigenvalue weighted by molar-refractivity contribution is 0.0480. The zero-order valence-corrected chi connectivity index (χ0v) is 19.6. The maximum absolute atomic E-state index is 12.2. The van der Waals surface area contributed by atoms with Gasteiger partial charge in [0.15, 0.2) is 0 Å². The number of rotatable bonds is 6. The molecule has 3 rings (SSSR count). The van der Waals surface area contributed by atoms with Gasteiger partial charge in [-0.25, -0.2) is 4.79 Å². The molecule has 1 aromatic carbocycles. The maximum atomic E-state index is 12.2. The number of hydrogen-bond acceptors (Lipinski definition) is 5. The van der Waals surface area contributed by atoms with Gasteiger partial charge in [0, 0.05) is 17.3 Å². The molecule has 0 saturated carbocycles. The summed E-state index contributed by atoms with van der Waals surface area (Å²) in [5.74, 6) is 1.93. The third-order valence-electron chi connectivity index (χ3n) is 5.01. The zero-order valence-electron chi connectivity index (χ0n) is 19.6. The highest BCUT2D eigenvalue weighted by molar-refractivity contribution is 5.76. The predicted molar refractivity (Wildman–Crippen MR) is 121 cm³/mol. The molecule has 2 heterocycles. The average molecular weight is 427 g/mol. The Morgan fingerprint density at radius 1 is 1.19 bits per heavy atom. The number of alkyl carbamates (subject to hydrolysis) is 1. The molecule has 0 radical (unpaired) electrons. The van der Waals surface area contributed by atoms with Crippen molar-refractivity contribution in [2.45, 2.75) is 72.1 Å². The lowest BCUT2D eigenvalue weighted by atomic mass is 9.86. The monoisotopic (exact) mass is 426 g/mol. The van der Waals surface area contributed by atoms with E-state index < -0.39 is 17.3 Å². The third kappa shape index (κ3) is 5.90. The number of carbonyl (C=O) groups is 1. The maximum Gasteiger partial charge on any atom is 0.407 e. The van der Waals surface area contributed by atoms with Gasteiger partial charge in [-0.3, -0.25) is 4.98 Å². The first-order chi connectivity index (χ1) is 14.4. The van der Waals surface area contributed by atoms with Crippen LogP contribution in [0.1, 0.15) is 60.5 Å². The highest BCUT2D eigenvalue weighted by atomic mass is 16.6. The van der Waals surface area contributed by atoms with Crippen LogP contribution in [0.25, 0.3) is 11.1 Å². The first-order valence-corrected chi connectivity index (χ1v) is 10.8. The van der Waals surface area contributed by atoms with Crippen LogP contribution in [0.4, 0.5) is 4.79 Å². The number of hydrogen-bond donors (Lipinski definition) is 1. The molecule has 6 heteroatoms. The molecule has 0 saturated heterocycles. The van der Waals surface area contributed by atoms with Crippen LogP contribution in [-0.4, -0.2) is 29.3 Å². The normalized spacial score (nSPS) is 15.4. The summed E-state index contributed by atoms with van der Waals surface area (Å²) in [7, 11) is 0. The van der Waals surface area contributed by atoms with E-state index in [4.69, 9.17) is 14.2 Å². The van der Waals surface area contributed by atoms with Gasteiger partial charge in [0.05, 0.1) is 12.2 Å². The van der Waals surface area contributed by atoms with E-state index in [1.165, 1.54) is 0 Å². The Morgan fingerprint density at radius 3 is 2.61 bits per heavy atom. The van der Waals surface area contributed by atoms with E-state index >= 15 is 0 Å². The van der Waals surface area contributed by atoms with Gasteiger partial charge in [0.2, 0.25) is 0 Å². The summed E-state index contributed by atoms with van der Waals surface area (Å²) in [5, 5.41) is 2.95. The van der Waals surface area contributed by atoms with E-state index in [1.54, 1.807) is 12.4 Å². The van der Waals surface area contributed by atoms with E-state index in [2.05, 4.69) is 30.2 Å². The van der Waals surface area contributed by atoms with Crippen LogP contribution in [0.3, 0.4) is 0 Å². The Labute approximate surface area is 185 Å². The number of nitrogens with one attached hydrogen (secondary N) is 1. The van der Waals surface area contributed by atoms with Crippen LogP contribution >= 0.6 is 0 Å². The fraction of sp³-hybridized carbons (Fsp3) is 0.520. The van der Waals surface area contributed by atoms with Gasteiger partial charge in [0.1, 0.15) is 29.3 Å². The molecule has 1 amide bonds. The molecular weight excluding hydrogens is 392 g/mol. The molecule has 1 aromatic heterocycles. The number of carbonyl (C=O) groups excluding carboxylic acids is 1. The number of amides is 1.